The van der Waals surface area contributed by atoms with Gasteiger partial charge in [-0.1, -0.05) is 20.8 Å². The van der Waals surface area contributed by atoms with Crippen molar-refractivity contribution in [3.63, 3.8) is 0 Å². The molecule has 2 N–H and O–H groups in total. The summed E-state index contributed by atoms with van der Waals surface area (Å²) in [4.78, 5) is 28.2. The third kappa shape index (κ3) is 3.74. The molecule has 6 nitrogen and oxygen atoms in total. The molecule has 0 aliphatic carbocycles. The van der Waals surface area contributed by atoms with Gasteiger partial charge < -0.3 is 20.3 Å². The highest BCUT2D eigenvalue weighted by molar-refractivity contribution is 5.84. The molecule has 2 rings (SSSR count). The normalized spacial score (nSPS) is 25.0. The maximum atomic E-state index is 12.4. The van der Waals surface area contributed by atoms with E-state index in [1.54, 1.807) is 4.90 Å². The number of nitrogens with zero attached hydrogens (tertiary/aromatic N) is 2. The van der Waals surface area contributed by atoms with Crippen molar-refractivity contribution < 1.29 is 14.3 Å². The molecule has 2 aliphatic rings. The number of nitrogens with two attached hydrogens (primary N) is 1. The van der Waals surface area contributed by atoms with Crippen LogP contribution in [-0.4, -0.2) is 66.5 Å². The lowest BCUT2D eigenvalue weighted by Gasteiger charge is -2.38. The minimum atomic E-state index is -0.502. The molecule has 2 fully saturated rings. The zero-order valence-electron chi connectivity index (χ0n) is 13.3. The molecule has 0 aromatic carbocycles. The van der Waals surface area contributed by atoms with Crippen LogP contribution in [0.15, 0.2) is 0 Å². The first-order chi connectivity index (χ1) is 9.80. The maximum absolute atomic E-state index is 12.4. The number of hydrogen-bond acceptors (Lipinski definition) is 4. The third-order valence-electron chi connectivity index (χ3n) is 4.31. The predicted octanol–water partition coefficient (Wildman–Crippen LogP) is 0.210. The topological polar surface area (TPSA) is 75.9 Å². The summed E-state index contributed by atoms with van der Waals surface area (Å²) in [7, 11) is 0. The van der Waals surface area contributed by atoms with Gasteiger partial charge in [0.05, 0.1) is 6.04 Å². The van der Waals surface area contributed by atoms with Crippen molar-refractivity contribution in [1.82, 2.24) is 9.80 Å². The Morgan fingerprint density at radius 1 is 1.14 bits per heavy atom. The van der Waals surface area contributed by atoms with Crippen molar-refractivity contribution >= 4 is 11.8 Å². The third-order valence-corrected chi connectivity index (χ3v) is 4.31. The van der Waals surface area contributed by atoms with Crippen LogP contribution in [0.2, 0.25) is 0 Å². The molecule has 0 radical (unpaired) electrons. The molecular weight excluding hydrogens is 270 g/mol. The van der Waals surface area contributed by atoms with Gasteiger partial charge in [-0.15, -0.1) is 0 Å². The molecule has 2 amide bonds. The second-order valence-corrected chi connectivity index (χ2v) is 7.00. The molecule has 120 valence electrons. The first-order valence-corrected chi connectivity index (χ1v) is 7.75. The van der Waals surface area contributed by atoms with Gasteiger partial charge in [-0.25, -0.2) is 0 Å². The largest absolute Gasteiger partial charge is 0.368 e. The summed E-state index contributed by atoms with van der Waals surface area (Å²) in [6.07, 6.45) is 1.49. The molecule has 6 heteroatoms. The van der Waals surface area contributed by atoms with Crippen molar-refractivity contribution in [3.8, 4) is 0 Å². The van der Waals surface area contributed by atoms with Crippen molar-refractivity contribution in [3.05, 3.63) is 0 Å². The van der Waals surface area contributed by atoms with Crippen molar-refractivity contribution in [2.75, 3.05) is 32.8 Å². The van der Waals surface area contributed by atoms with E-state index in [2.05, 4.69) is 0 Å². The minimum absolute atomic E-state index is 0.0216. The summed E-state index contributed by atoms with van der Waals surface area (Å²) in [5.41, 5.74) is 5.78. The number of hydrogen-bond donors (Lipinski definition) is 1. The molecule has 2 aliphatic heterocycles. The molecule has 0 bridgehead atoms. The van der Waals surface area contributed by atoms with Gasteiger partial charge in [-0.05, 0) is 18.3 Å². The molecule has 2 atom stereocenters. The molecule has 0 aromatic heterocycles. The molecule has 2 saturated heterocycles. The summed E-state index contributed by atoms with van der Waals surface area (Å²) >= 11 is 0. The monoisotopic (exact) mass is 297 g/mol. The average molecular weight is 297 g/mol. The van der Waals surface area contributed by atoms with Crippen LogP contribution >= 0.6 is 0 Å². The Morgan fingerprint density at radius 3 is 2.19 bits per heavy atom. The highest BCUT2D eigenvalue weighted by Gasteiger charge is 2.35. The smallest absolute Gasteiger partial charge is 0.251 e. The molecule has 0 spiro atoms. The van der Waals surface area contributed by atoms with Gasteiger partial charge in [0, 0.05) is 32.8 Å². The molecule has 0 aromatic rings. The lowest BCUT2D eigenvalue weighted by molar-refractivity contribution is -0.147. The van der Waals surface area contributed by atoms with E-state index in [1.165, 1.54) is 0 Å². The van der Waals surface area contributed by atoms with Crippen LogP contribution < -0.4 is 5.73 Å². The van der Waals surface area contributed by atoms with Gasteiger partial charge in [0.25, 0.3) is 5.91 Å². The summed E-state index contributed by atoms with van der Waals surface area (Å²) in [6, 6.07) is -0.502. The van der Waals surface area contributed by atoms with E-state index in [0.29, 0.717) is 32.8 Å². The zero-order valence-corrected chi connectivity index (χ0v) is 13.3. The molecule has 1 unspecified atom stereocenters. The summed E-state index contributed by atoms with van der Waals surface area (Å²) in [6.45, 7) is 8.83. The van der Waals surface area contributed by atoms with Crippen LogP contribution in [0.1, 0.15) is 33.6 Å². The van der Waals surface area contributed by atoms with Crippen LogP contribution in [0.4, 0.5) is 0 Å². The number of amides is 2. The molecule has 21 heavy (non-hydrogen) atoms. The van der Waals surface area contributed by atoms with E-state index < -0.39 is 6.04 Å². The van der Waals surface area contributed by atoms with Crippen molar-refractivity contribution in [1.29, 1.82) is 0 Å². The van der Waals surface area contributed by atoms with Crippen LogP contribution in [0.25, 0.3) is 0 Å². The standard InChI is InChI=1S/C15H27N3O3/c1-15(2,3)12(16)14(20)18-8-6-17(7-9-18)13(19)11-5-4-10-21-11/h11-12H,4-10,16H2,1-3H3/t11?,12-/m0/s1. The maximum Gasteiger partial charge on any atom is 0.251 e. The van der Waals surface area contributed by atoms with E-state index >= 15 is 0 Å². The average Bonchev–Trinajstić information content (AvgIpc) is 2.98. The Bertz CT molecular complexity index is 391. The van der Waals surface area contributed by atoms with Gasteiger partial charge in [-0.2, -0.15) is 0 Å². The van der Waals surface area contributed by atoms with E-state index in [1.807, 2.05) is 25.7 Å². The predicted molar refractivity (Wildman–Crippen MR) is 79.6 cm³/mol. The Labute approximate surface area is 126 Å². The Kier molecular flexibility index (Phi) is 4.88. The summed E-state index contributed by atoms with van der Waals surface area (Å²) in [5.74, 6) is 0.0476. The fourth-order valence-corrected chi connectivity index (χ4v) is 2.69. The van der Waals surface area contributed by atoms with Crippen LogP contribution in [0, 0.1) is 5.41 Å². The first kappa shape index (κ1) is 16.2. The lowest BCUT2D eigenvalue weighted by Crippen LogP contribution is -2.57. The van der Waals surface area contributed by atoms with Gasteiger partial charge in [0.15, 0.2) is 0 Å². The van der Waals surface area contributed by atoms with Crippen molar-refractivity contribution in [2.24, 2.45) is 11.1 Å². The highest BCUT2D eigenvalue weighted by atomic mass is 16.5. The second-order valence-electron chi connectivity index (χ2n) is 7.00. The Balaban J connectivity index is 1.85. The summed E-state index contributed by atoms with van der Waals surface area (Å²) in [5, 5.41) is 0. The van der Waals surface area contributed by atoms with Gasteiger partial charge in [0.1, 0.15) is 6.10 Å². The van der Waals surface area contributed by atoms with Gasteiger partial charge >= 0.3 is 0 Å². The quantitative estimate of drug-likeness (QED) is 0.790. The van der Waals surface area contributed by atoms with E-state index in [-0.39, 0.29) is 23.3 Å². The Morgan fingerprint density at radius 2 is 1.71 bits per heavy atom. The molecule has 2 heterocycles. The first-order valence-electron chi connectivity index (χ1n) is 7.75. The fraction of sp³-hybridized carbons (Fsp3) is 0.867. The van der Waals surface area contributed by atoms with Gasteiger partial charge in [0.2, 0.25) is 5.91 Å². The van der Waals surface area contributed by atoms with Crippen LogP contribution in [0.5, 0.6) is 0 Å². The number of piperazine rings is 1. The molecule has 0 saturated carbocycles. The molecular formula is C15H27N3O3. The van der Waals surface area contributed by atoms with Gasteiger partial charge in [-0.3, -0.25) is 9.59 Å². The fourth-order valence-electron chi connectivity index (χ4n) is 2.69. The zero-order chi connectivity index (χ0) is 15.6. The van der Waals surface area contributed by atoms with E-state index in [9.17, 15) is 9.59 Å². The number of rotatable bonds is 2. The highest BCUT2D eigenvalue weighted by Crippen LogP contribution is 2.20. The van der Waals surface area contributed by atoms with E-state index in [4.69, 9.17) is 10.5 Å². The number of carbonyl (C=O) groups excluding carboxylic acids is 2. The number of ether oxygens (including phenoxy) is 1. The SMILES string of the molecule is CC(C)(C)[C@@H](N)C(=O)N1CCN(C(=O)C2CCCO2)CC1. The van der Waals surface area contributed by atoms with E-state index in [0.717, 1.165) is 12.8 Å². The van der Waals surface area contributed by atoms with Crippen LogP contribution in [-0.2, 0) is 14.3 Å². The van der Waals surface area contributed by atoms with Crippen molar-refractivity contribution in [2.45, 2.75) is 45.8 Å². The number of carbonyl (C=O) groups is 2. The lowest BCUT2D eigenvalue weighted by atomic mass is 9.86. The second kappa shape index (κ2) is 6.32. The summed E-state index contributed by atoms with van der Waals surface area (Å²) < 4.78 is 5.43. The Hall–Kier alpha value is -1.14. The van der Waals surface area contributed by atoms with Crippen LogP contribution in [0.3, 0.4) is 0 Å². The minimum Gasteiger partial charge on any atom is -0.368 e.